The van der Waals surface area contributed by atoms with Crippen LogP contribution in [0.25, 0.3) is 11.1 Å². The fourth-order valence-electron chi connectivity index (χ4n) is 4.82. The maximum atomic E-state index is 12.6. The molecule has 186 valence electrons. The highest BCUT2D eigenvalue weighted by molar-refractivity contribution is 5.96. The summed E-state index contributed by atoms with van der Waals surface area (Å²) >= 11 is 0. The minimum absolute atomic E-state index is 0.149. The number of phenols is 1. The summed E-state index contributed by atoms with van der Waals surface area (Å²) in [5.41, 5.74) is 4.62. The second kappa shape index (κ2) is 10.0. The zero-order valence-electron chi connectivity index (χ0n) is 20.0. The maximum absolute atomic E-state index is 12.6. The van der Waals surface area contributed by atoms with Crippen LogP contribution in [0.1, 0.15) is 40.1 Å². The number of hydrogen-bond acceptors (Lipinski definition) is 5. The highest BCUT2D eigenvalue weighted by Gasteiger charge is 2.30. The number of carboxylic acids is 1. The van der Waals surface area contributed by atoms with Crippen LogP contribution < -0.4 is 9.47 Å². The van der Waals surface area contributed by atoms with Crippen molar-refractivity contribution >= 4 is 17.1 Å². The Morgan fingerprint density at radius 3 is 2.47 bits per heavy atom. The Morgan fingerprint density at radius 1 is 1.08 bits per heavy atom. The van der Waals surface area contributed by atoms with Crippen molar-refractivity contribution < 1.29 is 28.9 Å². The van der Waals surface area contributed by atoms with E-state index in [0.29, 0.717) is 12.4 Å². The molecule has 36 heavy (non-hydrogen) atoms. The van der Waals surface area contributed by atoms with Gasteiger partial charge in [0.1, 0.15) is 30.0 Å². The Kier molecular flexibility index (Phi) is 6.65. The summed E-state index contributed by atoms with van der Waals surface area (Å²) < 4.78 is 24.9. The Balaban J connectivity index is 1.39. The molecule has 2 aliphatic heterocycles. The van der Waals surface area contributed by atoms with Crippen LogP contribution in [0.4, 0.5) is 4.39 Å². The molecule has 6 nitrogen and oxygen atoms in total. The van der Waals surface area contributed by atoms with Crippen LogP contribution in [0, 0.1) is 5.92 Å². The first-order valence-corrected chi connectivity index (χ1v) is 12.0. The van der Waals surface area contributed by atoms with E-state index in [1.165, 1.54) is 0 Å². The van der Waals surface area contributed by atoms with Crippen LogP contribution in [0.5, 0.6) is 17.2 Å². The van der Waals surface area contributed by atoms with E-state index in [1.54, 1.807) is 42.5 Å². The number of nitrogens with zero attached hydrogens (tertiary/aromatic N) is 1. The third-order valence-corrected chi connectivity index (χ3v) is 6.83. The predicted molar refractivity (Wildman–Crippen MR) is 135 cm³/mol. The van der Waals surface area contributed by atoms with E-state index in [-0.39, 0.29) is 23.9 Å². The van der Waals surface area contributed by atoms with Crippen molar-refractivity contribution in [2.75, 3.05) is 32.9 Å². The molecule has 3 aromatic rings. The molecule has 5 rings (SSSR count). The van der Waals surface area contributed by atoms with Crippen molar-refractivity contribution in [1.29, 1.82) is 0 Å². The first kappa shape index (κ1) is 23.9. The number of benzene rings is 3. The summed E-state index contributed by atoms with van der Waals surface area (Å²) in [6.45, 7) is 4.61. The number of ether oxygens (including phenoxy) is 2. The first-order valence-electron chi connectivity index (χ1n) is 12.0. The number of aromatic carboxylic acids is 1. The third kappa shape index (κ3) is 4.79. The average Bonchev–Trinajstić information content (AvgIpc) is 2.86. The van der Waals surface area contributed by atoms with Gasteiger partial charge in [0, 0.05) is 36.7 Å². The smallest absolute Gasteiger partial charge is 0.335 e. The summed E-state index contributed by atoms with van der Waals surface area (Å²) in [4.78, 5) is 13.5. The normalized spacial score (nSPS) is 17.8. The number of halogens is 1. The first-order chi connectivity index (χ1) is 17.4. The van der Waals surface area contributed by atoms with Gasteiger partial charge in [-0.2, -0.15) is 0 Å². The van der Waals surface area contributed by atoms with Crippen molar-refractivity contribution in [2.24, 2.45) is 5.92 Å². The van der Waals surface area contributed by atoms with Gasteiger partial charge in [0.25, 0.3) is 0 Å². The molecule has 2 N–H and O–H groups in total. The molecule has 1 atom stereocenters. The number of fused-ring (bicyclic) bond motifs is 1. The van der Waals surface area contributed by atoms with Crippen LogP contribution in [0.2, 0.25) is 0 Å². The monoisotopic (exact) mass is 489 g/mol. The van der Waals surface area contributed by atoms with Gasteiger partial charge in [-0.15, -0.1) is 0 Å². The van der Waals surface area contributed by atoms with E-state index < -0.39 is 12.1 Å². The quantitative estimate of drug-likeness (QED) is 0.439. The Hall–Kier alpha value is -3.84. The van der Waals surface area contributed by atoms with Crippen molar-refractivity contribution in [3.63, 3.8) is 0 Å². The number of phenolic OH excluding ortho intramolecular Hbond substituents is 1. The summed E-state index contributed by atoms with van der Waals surface area (Å²) in [5.74, 6) is 0.750. The molecule has 0 aromatic heterocycles. The Bertz CT molecular complexity index is 1280. The van der Waals surface area contributed by atoms with Crippen LogP contribution in [-0.2, 0) is 0 Å². The lowest BCUT2D eigenvalue weighted by atomic mass is 9.86. The van der Waals surface area contributed by atoms with Gasteiger partial charge in [0.15, 0.2) is 0 Å². The summed E-state index contributed by atoms with van der Waals surface area (Å²) in [7, 11) is 0. The van der Waals surface area contributed by atoms with Gasteiger partial charge in [-0.25, -0.2) is 4.79 Å². The lowest BCUT2D eigenvalue weighted by Gasteiger charge is -2.37. The van der Waals surface area contributed by atoms with Gasteiger partial charge in [0.2, 0.25) is 0 Å². The van der Waals surface area contributed by atoms with E-state index in [1.807, 2.05) is 31.2 Å². The van der Waals surface area contributed by atoms with Crippen molar-refractivity contribution in [2.45, 2.75) is 13.0 Å². The molecule has 2 heterocycles. The summed E-state index contributed by atoms with van der Waals surface area (Å²) in [6, 6.07) is 19.5. The van der Waals surface area contributed by atoms with E-state index >= 15 is 0 Å². The minimum atomic E-state index is -0.981. The molecule has 1 saturated heterocycles. The number of carboxylic acid groups (broad SMARTS) is 1. The van der Waals surface area contributed by atoms with Crippen molar-refractivity contribution in [3.8, 4) is 17.2 Å². The number of allylic oxidation sites excluding steroid dienone is 1. The number of carbonyl (C=O) groups is 1. The van der Waals surface area contributed by atoms with Gasteiger partial charge in [0.05, 0.1) is 12.2 Å². The Labute approximate surface area is 209 Å². The molecule has 3 aromatic carbocycles. The fourth-order valence-corrected chi connectivity index (χ4v) is 4.82. The molecule has 0 aliphatic carbocycles. The predicted octanol–water partition coefficient (Wildman–Crippen LogP) is 5.43. The molecular weight excluding hydrogens is 461 g/mol. The van der Waals surface area contributed by atoms with Gasteiger partial charge < -0.3 is 19.7 Å². The second-order valence-corrected chi connectivity index (χ2v) is 9.30. The molecule has 0 spiro atoms. The summed E-state index contributed by atoms with van der Waals surface area (Å²) in [6.07, 6.45) is -0.425. The summed E-state index contributed by atoms with van der Waals surface area (Å²) in [5, 5.41) is 19.3. The third-order valence-electron chi connectivity index (χ3n) is 6.83. The van der Waals surface area contributed by atoms with E-state index in [9.17, 15) is 19.4 Å². The zero-order valence-corrected chi connectivity index (χ0v) is 20.0. The largest absolute Gasteiger partial charge is 0.508 e. The van der Waals surface area contributed by atoms with Gasteiger partial charge in [-0.05, 0) is 66.1 Å². The topological polar surface area (TPSA) is 79.2 Å². The highest BCUT2D eigenvalue weighted by Crippen LogP contribution is 2.47. The van der Waals surface area contributed by atoms with E-state index in [2.05, 4.69) is 4.90 Å². The number of likely N-dealkylation sites (tertiary alicyclic amines) is 1. The zero-order chi connectivity index (χ0) is 25.2. The molecule has 7 heteroatoms. The number of alkyl halides is 1. The molecule has 2 aliphatic rings. The SMILES string of the molecule is CC1=C(c2ccc(C(=O)O)cc2)[C@H](c2ccc(OCCN3CC(CF)C3)cc2)Oc2ccc(O)cc21. The number of hydrogen-bond donors (Lipinski definition) is 2. The van der Waals surface area contributed by atoms with E-state index in [4.69, 9.17) is 9.47 Å². The Morgan fingerprint density at radius 2 is 1.81 bits per heavy atom. The van der Waals surface area contributed by atoms with Crippen LogP contribution in [0.15, 0.2) is 66.7 Å². The van der Waals surface area contributed by atoms with Crippen molar-refractivity contribution in [1.82, 2.24) is 4.90 Å². The van der Waals surface area contributed by atoms with Crippen molar-refractivity contribution in [3.05, 3.63) is 89.0 Å². The van der Waals surface area contributed by atoms with Crippen LogP contribution in [-0.4, -0.2) is 54.0 Å². The molecular formula is C29H28FNO5. The number of aromatic hydroxyl groups is 1. The standard InChI is InChI=1S/C29H28FNO5/c1-18-25-14-23(32)8-11-26(25)36-28(27(18)20-2-4-22(5-3-20)29(33)34)21-6-9-24(10-7-21)35-13-12-31-16-19(15-30)17-31/h2-11,14,19,28,32H,12-13,15-17H2,1H3,(H,33,34)/t28-/m0/s1. The highest BCUT2D eigenvalue weighted by atomic mass is 19.1. The van der Waals surface area contributed by atoms with Gasteiger partial charge in [-0.3, -0.25) is 9.29 Å². The maximum Gasteiger partial charge on any atom is 0.335 e. The molecule has 0 amide bonds. The second-order valence-electron chi connectivity index (χ2n) is 9.30. The number of rotatable bonds is 8. The molecule has 1 fully saturated rings. The lowest BCUT2D eigenvalue weighted by molar-refractivity contribution is 0.0668. The molecule has 0 bridgehead atoms. The molecule has 0 unspecified atom stereocenters. The van der Waals surface area contributed by atoms with E-state index in [0.717, 1.165) is 53.2 Å². The molecule has 0 saturated carbocycles. The average molecular weight is 490 g/mol. The van der Waals surface area contributed by atoms with Gasteiger partial charge >= 0.3 is 5.97 Å². The van der Waals surface area contributed by atoms with Crippen LogP contribution >= 0.6 is 0 Å². The lowest BCUT2D eigenvalue weighted by Crippen LogP contribution is -2.49. The van der Waals surface area contributed by atoms with Gasteiger partial charge in [-0.1, -0.05) is 24.3 Å². The fraction of sp³-hybridized carbons (Fsp3) is 0.276. The molecule has 0 radical (unpaired) electrons. The minimum Gasteiger partial charge on any atom is -0.508 e. The van der Waals surface area contributed by atoms with Crippen LogP contribution in [0.3, 0.4) is 0 Å².